The maximum Gasteiger partial charge on any atom is 0.325 e. The SMILES string of the molecule is CC1=C(C(C#N)C(=O)O)c2cc(F)ccc2C1. The van der Waals surface area contributed by atoms with Crippen molar-refractivity contribution >= 4 is 11.5 Å². The number of fused-ring (bicyclic) bond motifs is 1. The van der Waals surface area contributed by atoms with Gasteiger partial charge >= 0.3 is 5.97 Å². The average molecular weight is 231 g/mol. The molecule has 0 aromatic heterocycles. The molecular formula is C13H10FNO2. The van der Waals surface area contributed by atoms with E-state index < -0.39 is 17.7 Å². The Morgan fingerprint density at radius 3 is 2.88 bits per heavy atom. The largest absolute Gasteiger partial charge is 0.480 e. The van der Waals surface area contributed by atoms with Crippen molar-refractivity contribution in [3.05, 3.63) is 40.7 Å². The summed E-state index contributed by atoms with van der Waals surface area (Å²) < 4.78 is 13.2. The van der Waals surface area contributed by atoms with Gasteiger partial charge in [-0.2, -0.15) is 5.26 Å². The van der Waals surface area contributed by atoms with Crippen LogP contribution in [0.3, 0.4) is 0 Å². The smallest absolute Gasteiger partial charge is 0.325 e. The number of nitrogens with zero attached hydrogens (tertiary/aromatic N) is 1. The number of hydrogen-bond donors (Lipinski definition) is 1. The lowest BCUT2D eigenvalue weighted by Crippen LogP contribution is -2.13. The van der Waals surface area contributed by atoms with E-state index in [1.807, 2.05) is 0 Å². The van der Waals surface area contributed by atoms with Crippen LogP contribution < -0.4 is 0 Å². The van der Waals surface area contributed by atoms with E-state index in [-0.39, 0.29) is 0 Å². The molecule has 3 nitrogen and oxygen atoms in total. The molecule has 0 radical (unpaired) electrons. The van der Waals surface area contributed by atoms with Gasteiger partial charge < -0.3 is 5.11 Å². The van der Waals surface area contributed by atoms with Crippen LogP contribution in [-0.2, 0) is 11.2 Å². The second-order valence-corrected chi connectivity index (χ2v) is 4.07. The number of allylic oxidation sites excluding steroid dienone is 1. The number of benzene rings is 1. The van der Waals surface area contributed by atoms with Crippen LogP contribution in [0.25, 0.3) is 5.57 Å². The van der Waals surface area contributed by atoms with Gasteiger partial charge in [0.1, 0.15) is 5.82 Å². The fraction of sp³-hybridized carbons (Fsp3) is 0.231. The standard InChI is InChI=1S/C13H10FNO2/c1-7-4-8-2-3-9(14)5-10(8)12(7)11(6-15)13(16)17/h2-3,5,11H,4H2,1H3,(H,16,17). The van der Waals surface area contributed by atoms with Gasteiger partial charge in [0, 0.05) is 0 Å². The van der Waals surface area contributed by atoms with E-state index in [0.717, 1.165) is 11.1 Å². The summed E-state index contributed by atoms with van der Waals surface area (Å²) in [6.45, 7) is 1.78. The van der Waals surface area contributed by atoms with E-state index in [9.17, 15) is 9.18 Å². The van der Waals surface area contributed by atoms with E-state index in [2.05, 4.69) is 0 Å². The topological polar surface area (TPSA) is 61.1 Å². The summed E-state index contributed by atoms with van der Waals surface area (Å²) >= 11 is 0. The van der Waals surface area contributed by atoms with Gasteiger partial charge in [0.25, 0.3) is 0 Å². The van der Waals surface area contributed by atoms with E-state index >= 15 is 0 Å². The fourth-order valence-corrected chi connectivity index (χ4v) is 2.21. The quantitative estimate of drug-likeness (QED) is 0.850. The van der Waals surface area contributed by atoms with Gasteiger partial charge in [-0.25, -0.2) is 4.39 Å². The molecule has 0 saturated heterocycles. The normalized spacial score (nSPS) is 15.4. The highest BCUT2D eigenvalue weighted by molar-refractivity contribution is 5.93. The maximum atomic E-state index is 13.2. The summed E-state index contributed by atoms with van der Waals surface area (Å²) in [6, 6.07) is 6.04. The van der Waals surface area contributed by atoms with Gasteiger partial charge in [-0.05, 0) is 42.2 Å². The van der Waals surface area contributed by atoms with Crippen LogP contribution in [0.1, 0.15) is 18.1 Å². The Kier molecular flexibility index (Phi) is 2.68. The molecule has 1 atom stereocenters. The summed E-state index contributed by atoms with van der Waals surface area (Å²) in [4.78, 5) is 11.0. The highest BCUT2D eigenvalue weighted by Crippen LogP contribution is 2.37. The summed E-state index contributed by atoms with van der Waals surface area (Å²) in [6.07, 6.45) is 0.580. The average Bonchev–Trinajstić information content (AvgIpc) is 2.56. The lowest BCUT2D eigenvalue weighted by Gasteiger charge is -2.09. The molecule has 86 valence electrons. The minimum absolute atomic E-state index is 0.418. The van der Waals surface area contributed by atoms with Crippen molar-refractivity contribution in [3.8, 4) is 6.07 Å². The molecule has 0 aliphatic heterocycles. The van der Waals surface area contributed by atoms with Gasteiger partial charge in [-0.1, -0.05) is 11.6 Å². The maximum absolute atomic E-state index is 13.2. The van der Waals surface area contributed by atoms with E-state index in [1.54, 1.807) is 19.1 Å². The number of hydrogen-bond acceptors (Lipinski definition) is 2. The Morgan fingerprint density at radius 2 is 2.29 bits per heavy atom. The molecule has 1 aromatic rings. The predicted molar refractivity (Wildman–Crippen MR) is 59.4 cm³/mol. The summed E-state index contributed by atoms with van der Waals surface area (Å²) in [7, 11) is 0. The van der Waals surface area contributed by atoms with Gasteiger partial charge in [-0.3, -0.25) is 4.79 Å². The van der Waals surface area contributed by atoms with E-state index in [1.165, 1.54) is 12.1 Å². The van der Waals surface area contributed by atoms with Crippen LogP contribution in [0, 0.1) is 23.1 Å². The van der Waals surface area contributed by atoms with Crippen molar-refractivity contribution < 1.29 is 14.3 Å². The zero-order chi connectivity index (χ0) is 12.6. The first-order valence-electron chi connectivity index (χ1n) is 5.15. The molecule has 0 saturated carbocycles. The van der Waals surface area contributed by atoms with Crippen molar-refractivity contribution in [3.63, 3.8) is 0 Å². The van der Waals surface area contributed by atoms with Crippen LogP contribution in [0.2, 0.25) is 0 Å². The molecule has 0 bridgehead atoms. The van der Waals surface area contributed by atoms with Crippen LogP contribution in [0.4, 0.5) is 4.39 Å². The Morgan fingerprint density at radius 1 is 1.59 bits per heavy atom. The summed E-state index contributed by atoms with van der Waals surface area (Å²) in [5.74, 6) is -2.84. The molecule has 17 heavy (non-hydrogen) atoms. The Bertz CT molecular complexity index is 569. The Hall–Kier alpha value is -2.15. The van der Waals surface area contributed by atoms with Crippen molar-refractivity contribution in [2.24, 2.45) is 5.92 Å². The van der Waals surface area contributed by atoms with Crippen LogP contribution in [0.15, 0.2) is 23.8 Å². The highest BCUT2D eigenvalue weighted by atomic mass is 19.1. The van der Waals surface area contributed by atoms with Crippen molar-refractivity contribution in [2.75, 3.05) is 0 Å². The zero-order valence-electron chi connectivity index (χ0n) is 9.20. The van der Waals surface area contributed by atoms with Crippen molar-refractivity contribution in [2.45, 2.75) is 13.3 Å². The molecule has 4 heteroatoms. The number of carboxylic acid groups (broad SMARTS) is 1. The molecule has 2 rings (SSSR count). The number of rotatable bonds is 2. The van der Waals surface area contributed by atoms with E-state index in [4.69, 9.17) is 10.4 Å². The third-order valence-electron chi connectivity index (χ3n) is 2.94. The number of carbonyl (C=O) groups is 1. The molecule has 0 heterocycles. The van der Waals surface area contributed by atoms with Crippen LogP contribution in [-0.4, -0.2) is 11.1 Å². The first-order chi connectivity index (χ1) is 8.04. The molecule has 1 unspecified atom stereocenters. The number of carboxylic acids is 1. The van der Waals surface area contributed by atoms with Crippen LogP contribution in [0.5, 0.6) is 0 Å². The lowest BCUT2D eigenvalue weighted by molar-refractivity contribution is -0.138. The monoisotopic (exact) mass is 231 g/mol. The molecular weight excluding hydrogens is 221 g/mol. The second-order valence-electron chi connectivity index (χ2n) is 4.07. The first kappa shape index (κ1) is 11.3. The Balaban J connectivity index is 2.57. The van der Waals surface area contributed by atoms with Crippen molar-refractivity contribution in [1.29, 1.82) is 5.26 Å². The first-order valence-corrected chi connectivity index (χ1v) is 5.15. The van der Waals surface area contributed by atoms with Crippen LogP contribution >= 0.6 is 0 Å². The molecule has 0 fully saturated rings. The minimum Gasteiger partial charge on any atom is -0.480 e. The van der Waals surface area contributed by atoms with Gasteiger partial charge in [0.15, 0.2) is 5.92 Å². The molecule has 0 spiro atoms. The van der Waals surface area contributed by atoms with Gasteiger partial charge in [0.05, 0.1) is 6.07 Å². The molecule has 1 aliphatic carbocycles. The summed E-state index contributed by atoms with van der Waals surface area (Å²) in [5.41, 5.74) is 2.69. The zero-order valence-corrected chi connectivity index (χ0v) is 9.20. The molecule has 1 aliphatic rings. The minimum atomic E-state index is -1.22. The molecule has 1 N–H and O–H groups in total. The predicted octanol–water partition coefficient (Wildman–Crippen LogP) is 2.38. The summed E-state index contributed by atoms with van der Waals surface area (Å²) in [5, 5.41) is 17.9. The fourth-order valence-electron chi connectivity index (χ4n) is 2.21. The number of halogens is 1. The van der Waals surface area contributed by atoms with Gasteiger partial charge in [0.2, 0.25) is 0 Å². The Labute approximate surface area is 97.8 Å². The lowest BCUT2D eigenvalue weighted by atomic mass is 9.93. The van der Waals surface area contributed by atoms with E-state index in [0.29, 0.717) is 17.6 Å². The second kappa shape index (κ2) is 4.02. The third-order valence-corrected chi connectivity index (χ3v) is 2.94. The number of aliphatic carboxylic acids is 1. The molecule has 1 aromatic carbocycles. The van der Waals surface area contributed by atoms with Gasteiger partial charge in [-0.15, -0.1) is 0 Å². The van der Waals surface area contributed by atoms with Crippen molar-refractivity contribution in [1.82, 2.24) is 0 Å². The molecule has 0 amide bonds. The number of nitriles is 1. The highest BCUT2D eigenvalue weighted by Gasteiger charge is 2.30. The third kappa shape index (κ3) is 1.80.